The fourth-order valence-corrected chi connectivity index (χ4v) is 1.21. The van der Waals surface area contributed by atoms with Crippen molar-refractivity contribution in [2.45, 2.75) is 13.3 Å². The number of esters is 1. The zero-order valence-corrected chi connectivity index (χ0v) is 9.82. The first kappa shape index (κ1) is 15.5. The number of carbonyl (C=O) groups is 1. The maximum Gasteiger partial charge on any atom is 0.574 e. The number of pyridine rings is 1. The van der Waals surface area contributed by atoms with Gasteiger partial charge in [-0.15, -0.1) is 13.2 Å². The second-order valence-corrected chi connectivity index (χ2v) is 3.25. The van der Waals surface area contributed by atoms with E-state index in [1.807, 2.05) is 0 Å². The third kappa shape index (κ3) is 3.70. The molecular formula is C9H7F3N2O6. The minimum Gasteiger partial charge on any atom is -0.461 e. The van der Waals surface area contributed by atoms with Gasteiger partial charge in [-0.05, 0) is 6.92 Å². The summed E-state index contributed by atoms with van der Waals surface area (Å²) in [5.74, 6) is -2.63. The maximum absolute atomic E-state index is 12.1. The smallest absolute Gasteiger partial charge is 0.461 e. The van der Waals surface area contributed by atoms with Crippen LogP contribution in [0.3, 0.4) is 0 Å². The lowest BCUT2D eigenvalue weighted by atomic mass is 10.3. The van der Waals surface area contributed by atoms with Crippen LogP contribution in [0.1, 0.15) is 17.4 Å². The van der Waals surface area contributed by atoms with Gasteiger partial charge in [0, 0.05) is 6.07 Å². The van der Waals surface area contributed by atoms with E-state index in [4.69, 9.17) is 0 Å². The molecule has 0 spiro atoms. The monoisotopic (exact) mass is 296 g/mol. The van der Waals surface area contributed by atoms with Crippen LogP contribution in [0.15, 0.2) is 10.9 Å². The van der Waals surface area contributed by atoms with Gasteiger partial charge in [0.1, 0.15) is 5.69 Å². The van der Waals surface area contributed by atoms with E-state index in [1.165, 1.54) is 6.92 Å². The number of alkyl halides is 3. The summed E-state index contributed by atoms with van der Waals surface area (Å²) in [6, 6.07) is 0.458. The number of hydrogen-bond acceptors (Lipinski definition) is 6. The Bertz CT molecular complexity index is 594. The molecule has 110 valence electrons. The van der Waals surface area contributed by atoms with Crippen LogP contribution in [0.5, 0.6) is 5.88 Å². The van der Waals surface area contributed by atoms with Crippen LogP contribution >= 0.6 is 0 Å². The molecule has 0 amide bonds. The third-order valence-corrected chi connectivity index (χ3v) is 1.87. The van der Waals surface area contributed by atoms with E-state index >= 15 is 0 Å². The SMILES string of the molecule is CCOC(=O)c1cc(=O)c([N+](=O)[O-])c(OC(F)(F)F)[nH]1. The molecule has 1 heterocycles. The van der Waals surface area contributed by atoms with Crippen molar-refractivity contribution in [2.75, 3.05) is 6.61 Å². The maximum atomic E-state index is 12.1. The Morgan fingerprint density at radius 2 is 2.10 bits per heavy atom. The van der Waals surface area contributed by atoms with Gasteiger partial charge in [0.15, 0.2) is 0 Å². The summed E-state index contributed by atoms with van der Waals surface area (Å²) in [7, 11) is 0. The highest BCUT2D eigenvalue weighted by atomic mass is 19.4. The van der Waals surface area contributed by atoms with E-state index in [9.17, 15) is 32.9 Å². The van der Waals surface area contributed by atoms with Gasteiger partial charge in [-0.1, -0.05) is 0 Å². The zero-order valence-electron chi connectivity index (χ0n) is 9.82. The summed E-state index contributed by atoms with van der Waals surface area (Å²) in [5.41, 5.74) is -3.58. The number of hydrogen-bond donors (Lipinski definition) is 1. The normalized spacial score (nSPS) is 11.0. The lowest BCUT2D eigenvalue weighted by molar-refractivity contribution is -0.390. The first-order chi connectivity index (χ1) is 9.15. The number of nitrogens with zero attached hydrogens (tertiary/aromatic N) is 1. The van der Waals surface area contributed by atoms with Crippen molar-refractivity contribution in [3.63, 3.8) is 0 Å². The Kier molecular flexibility index (Phi) is 4.32. The van der Waals surface area contributed by atoms with Crippen molar-refractivity contribution < 1.29 is 32.4 Å². The van der Waals surface area contributed by atoms with E-state index in [0.717, 1.165) is 0 Å². The van der Waals surface area contributed by atoms with Crippen LogP contribution in [0.25, 0.3) is 0 Å². The van der Waals surface area contributed by atoms with Gasteiger partial charge in [0.25, 0.3) is 11.3 Å². The predicted molar refractivity (Wildman–Crippen MR) is 56.4 cm³/mol. The number of halogens is 3. The van der Waals surface area contributed by atoms with Gasteiger partial charge in [-0.2, -0.15) is 0 Å². The van der Waals surface area contributed by atoms with Crippen molar-refractivity contribution in [3.8, 4) is 5.88 Å². The second kappa shape index (κ2) is 5.59. The Morgan fingerprint density at radius 1 is 1.50 bits per heavy atom. The van der Waals surface area contributed by atoms with Crippen LogP contribution in [0, 0.1) is 10.1 Å². The molecule has 0 atom stereocenters. The molecule has 0 aliphatic rings. The van der Waals surface area contributed by atoms with E-state index in [0.29, 0.717) is 6.07 Å². The van der Waals surface area contributed by atoms with E-state index in [2.05, 4.69) is 9.47 Å². The highest BCUT2D eigenvalue weighted by Gasteiger charge is 2.37. The molecule has 1 aromatic rings. The highest BCUT2D eigenvalue weighted by Crippen LogP contribution is 2.27. The van der Waals surface area contributed by atoms with Gasteiger partial charge in [-0.25, -0.2) is 4.79 Å². The third-order valence-electron chi connectivity index (χ3n) is 1.87. The molecule has 1 N–H and O–H groups in total. The number of aromatic nitrogens is 1. The zero-order chi connectivity index (χ0) is 15.5. The van der Waals surface area contributed by atoms with Gasteiger partial charge in [0.05, 0.1) is 11.5 Å². The molecule has 1 rings (SSSR count). The van der Waals surface area contributed by atoms with Crippen molar-refractivity contribution in [1.29, 1.82) is 0 Å². The van der Waals surface area contributed by atoms with Gasteiger partial charge < -0.3 is 14.5 Å². The molecular weight excluding hydrogens is 289 g/mol. The molecule has 0 bridgehead atoms. The Morgan fingerprint density at radius 3 is 2.55 bits per heavy atom. The van der Waals surface area contributed by atoms with Crippen molar-refractivity contribution in [1.82, 2.24) is 4.98 Å². The molecule has 8 nitrogen and oxygen atoms in total. The van der Waals surface area contributed by atoms with E-state index in [1.54, 1.807) is 4.98 Å². The Labute approximate surface area is 108 Å². The molecule has 20 heavy (non-hydrogen) atoms. The number of nitro groups is 1. The molecule has 0 aliphatic carbocycles. The fraction of sp³-hybridized carbons (Fsp3) is 0.333. The molecule has 0 unspecified atom stereocenters. The number of aromatic amines is 1. The first-order valence-corrected chi connectivity index (χ1v) is 5.00. The summed E-state index contributed by atoms with van der Waals surface area (Å²) in [6.07, 6.45) is -5.28. The summed E-state index contributed by atoms with van der Waals surface area (Å²) >= 11 is 0. The molecule has 11 heteroatoms. The molecule has 1 aromatic heterocycles. The molecule has 0 fully saturated rings. The first-order valence-electron chi connectivity index (χ1n) is 5.00. The summed E-state index contributed by atoms with van der Waals surface area (Å²) in [4.78, 5) is 33.6. The number of rotatable bonds is 4. The van der Waals surface area contributed by atoms with Crippen molar-refractivity contribution in [2.24, 2.45) is 0 Å². The van der Waals surface area contributed by atoms with Crippen molar-refractivity contribution in [3.05, 3.63) is 32.1 Å². The van der Waals surface area contributed by atoms with Gasteiger partial charge in [-0.3, -0.25) is 14.9 Å². The summed E-state index contributed by atoms with van der Waals surface area (Å²) in [6.45, 7) is 1.32. The molecule has 0 radical (unpaired) electrons. The van der Waals surface area contributed by atoms with Crippen LogP contribution in [-0.4, -0.2) is 28.8 Å². The van der Waals surface area contributed by atoms with Crippen LogP contribution in [0.2, 0.25) is 0 Å². The molecule has 0 aliphatic heterocycles. The minimum atomic E-state index is -5.28. The fourth-order valence-electron chi connectivity index (χ4n) is 1.21. The predicted octanol–water partition coefficient (Wildman–Crippen LogP) is 1.36. The highest BCUT2D eigenvalue weighted by molar-refractivity contribution is 5.87. The summed E-state index contributed by atoms with van der Waals surface area (Å²) < 4.78 is 44.1. The Balaban J connectivity index is 3.39. The number of nitrogens with one attached hydrogen (secondary N) is 1. The second-order valence-electron chi connectivity index (χ2n) is 3.25. The average Bonchev–Trinajstić information content (AvgIpc) is 2.25. The Hall–Kier alpha value is -2.59. The van der Waals surface area contributed by atoms with Crippen LogP contribution in [-0.2, 0) is 4.74 Å². The largest absolute Gasteiger partial charge is 0.574 e. The van der Waals surface area contributed by atoms with Gasteiger partial charge in [0.2, 0.25) is 0 Å². The van der Waals surface area contributed by atoms with Crippen molar-refractivity contribution >= 4 is 11.7 Å². The lowest BCUT2D eigenvalue weighted by Crippen LogP contribution is -2.23. The summed E-state index contributed by atoms with van der Waals surface area (Å²) in [5, 5.41) is 10.6. The molecule has 0 aromatic carbocycles. The lowest BCUT2D eigenvalue weighted by Gasteiger charge is -2.10. The molecule has 0 saturated carbocycles. The molecule has 0 saturated heterocycles. The van der Waals surface area contributed by atoms with E-state index in [-0.39, 0.29) is 6.61 Å². The minimum absolute atomic E-state index is 0.104. The average molecular weight is 296 g/mol. The number of ether oxygens (including phenoxy) is 2. The topological polar surface area (TPSA) is 112 Å². The standard InChI is InChI=1S/C9H7F3N2O6/c1-2-19-8(16)4-3-5(15)6(14(17)18)7(13-4)20-9(10,11)12/h3H,2H2,1H3,(H,13,15). The number of H-pyrrole nitrogens is 1. The van der Waals surface area contributed by atoms with Crippen LogP contribution < -0.4 is 10.2 Å². The van der Waals surface area contributed by atoms with Gasteiger partial charge >= 0.3 is 18.0 Å². The quantitative estimate of drug-likeness (QED) is 0.510. The number of carbonyl (C=O) groups excluding carboxylic acids is 1. The van der Waals surface area contributed by atoms with Crippen LogP contribution in [0.4, 0.5) is 18.9 Å². The van der Waals surface area contributed by atoms with E-state index < -0.39 is 39.9 Å².